The molecule has 0 fully saturated rings. The SMILES string of the molecule is CC(C)(C)c1csc(NC(=O)c2cccnc2Sc2ccc3c(c2)OCCO3)n1. The quantitative estimate of drug-likeness (QED) is 0.631. The molecule has 0 unspecified atom stereocenters. The molecule has 1 aromatic carbocycles. The van der Waals surface area contributed by atoms with Gasteiger partial charge in [0.1, 0.15) is 18.2 Å². The summed E-state index contributed by atoms with van der Waals surface area (Å²) in [6.45, 7) is 7.37. The second-order valence-electron chi connectivity index (χ2n) is 7.51. The first-order valence-electron chi connectivity index (χ1n) is 9.20. The Labute approximate surface area is 177 Å². The maximum atomic E-state index is 12.9. The van der Waals surface area contributed by atoms with Crippen molar-refractivity contribution in [2.45, 2.75) is 36.1 Å². The number of nitrogens with one attached hydrogen (secondary N) is 1. The summed E-state index contributed by atoms with van der Waals surface area (Å²) in [5, 5.41) is 6.08. The molecule has 1 amide bonds. The largest absolute Gasteiger partial charge is 0.486 e. The molecule has 0 spiro atoms. The van der Waals surface area contributed by atoms with Crippen LogP contribution in [0, 0.1) is 0 Å². The minimum absolute atomic E-state index is 0.0625. The number of anilines is 1. The van der Waals surface area contributed by atoms with E-state index in [1.807, 2.05) is 23.6 Å². The summed E-state index contributed by atoms with van der Waals surface area (Å²) in [6, 6.07) is 9.24. The van der Waals surface area contributed by atoms with E-state index in [9.17, 15) is 4.79 Å². The van der Waals surface area contributed by atoms with E-state index in [0.29, 0.717) is 34.7 Å². The number of fused-ring (bicyclic) bond motifs is 1. The average Bonchev–Trinajstić information content (AvgIpc) is 3.17. The van der Waals surface area contributed by atoms with Gasteiger partial charge in [-0.1, -0.05) is 32.5 Å². The number of pyridine rings is 1. The van der Waals surface area contributed by atoms with E-state index in [2.05, 4.69) is 36.1 Å². The predicted octanol–water partition coefficient (Wildman–Crippen LogP) is 5.01. The summed E-state index contributed by atoms with van der Waals surface area (Å²) < 4.78 is 11.2. The first-order valence-corrected chi connectivity index (χ1v) is 10.9. The van der Waals surface area contributed by atoms with Crippen molar-refractivity contribution in [3.63, 3.8) is 0 Å². The summed E-state index contributed by atoms with van der Waals surface area (Å²) in [4.78, 5) is 22.7. The molecule has 1 aliphatic rings. The molecule has 6 nitrogen and oxygen atoms in total. The molecule has 0 radical (unpaired) electrons. The number of aromatic nitrogens is 2. The van der Waals surface area contributed by atoms with Crippen LogP contribution in [0.15, 0.2) is 51.8 Å². The Morgan fingerprint density at radius 3 is 2.72 bits per heavy atom. The van der Waals surface area contributed by atoms with Crippen LogP contribution in [0.25, 0.3) is 0 Å². The van der Waals surface area contributed by atoms with Crippen LogP contribution >= 0.6 is 23.1 Å². The Hall–Kier alpha value is -2.58. The van der Waals surface area contributed by atoms with Gasteiger partial charge in [0.05, 0.1) is 11.3 Å². The molecule has 0 aliphatic carbocycles. The minimum atomic E-state index is -0.229. The number of hydrogen-bond acceptors (Lipinski definition) is 7. The van der Waals surface area contributed by atoms with Crippen LogP contribution in [-0.4, -0.2) is 29.1 Å². The van der Waals surface area contributed by atoms with Crippen LogP contribution in [0.1, 0.15) is 36.8 Å². The predicted molar refractivity (Wildman–Crippen MR) is 115 cm³/mol. The molecule has 1 aliphatic heterocycles. The highest BCUT2D eigenvalue weighted by molar-refractivity contribution is 7.99. The van der Waals surface area contributed by atoms with Gasteiger partial charge in [0, 0.05) is 21.9 Å². The van der Waals surface area contributed by atoms with E-state index in [1.54, 1.807) is 18.3 Å². The number of amides is 1. The Morgan fingerprint density at radius 1 is 1.17 bits per heavy atom. The normalized spacial score (nSPS) is 13.2. The number of carbonyl (C=O) groups is 1. The second kappa shape index (κ2) is 8.04. The molecule has 29 heavy (non-hydrogen) atoms. The zero-order chi connectivity index (χ0) is 20.4. The molecule has 0 saturated heterocycles. The van der Waals surface area contributed by atoms with Gasteiger partial charge in [-0.15, -0.1) is 11.3 Å². The van der Waals surface area contributed by atoms with Crippen LogP contribution in [0.3, 0.4) is 0 Å². The maximum Gasteiger partial charge on any atom is 0.260 e. The molecular weight excluding hydrogens is 406 g/mol. The second-order valence-corrected chi connectivity index (χ2v) is 9.43. The number of benzene rings is 1. The highest BCUT2D eigenvalue weighted by Gasteiger charge is 2.20. The van der Waals surface area contributed by atoms with Crippen molar-refractivity contribution in [1.29, 1.82) is 0 Å². The van der Waals surface area contributed by atoms with E-state index < -0.39 is 0 Å². The third-order valence-corrected chi connectivity index (χ3v) is 6.00. The van der Waals surface area contributed by atoms with Crippen LogP contribution in [0.5, 0.6) is 11.5 Å². The zero-order valence-electron chi connectivity index (χ0n) is 16.4. The van der Waals surface area contributed by atoms with Crippen LogP contribution in [0.2, 0.25) is 0 Å². The Morgan fingerprint density at radius 2 is 1.97 bits per heavy atom. The molecule has 3 heterocycles. The monoisotopic (exact) mass is 427 g/mol. The van der Waals surface area contributed by atoms with Gasteiger partial charge >= 0.3 is 0 Å². The van der Waals surface area contributed by atoms with Crippen LogP contribution in [-0.2, 0) is 5.41 Å². The highest BCUT2D eigenvalue weighted by atomic mass is 32.2. The Bertz CT molecular complexity index is 1040. The molecular formula is C21H21N3O3S2. The number of ether oxygens (including phenoxy) is 2. The Kier molecular flexibility index (Phi) is 5.47. The van der Waals surface area contributed by atoms with Gasteiger partial charge in [0.2, 0.25) is 0 Å². The molecule has 4 rings (SSSR count). The van der Waals surface area contributed by atoms with Gasteiger partial charge in [-0.2, -0.15) is 0 Å². The van der Waals surface area contributed by atoms with E-state index in [4.69, 9.17) is 9.47 Å². The van der Waals surface area contributed by atoms with E-state index in [1.165, 1.54) is 23.1 Å². The van der Waals surface area contributed by atoms with Crippen molar-refractivity contribution in [1.82, 2.24) is 9.97 Å². The van der Waals surface area contributed by atoms with Gasteiger partial charge in [0.15, 0.2) is 16.6 Å². The number of hydrogen-bond donors (Lipinski definition) is 1. The maximum absolute atomic E-state index is 12.9. The molecule has 2 aromatic heterocycles. The van der Waals surface area contributed by atoms with Crippen molar-refractivity contribution >= 4 is 34.1 Å². The van der Waals surface area contributed by atoms with Gasteiger partial charge in [-0.25, -0.2) is 9.97 Å². The molecule has 150 valence electrons. The smallest absolute Gasteiger partial charge is 0.260 e. The molecule has 0 saturated carbocycles. The lowest BCUT2D eigenvalue weighted by molar-refractivity contribution is 0.102. The number of carbonyl (C=O) groups excluding carboxylic acids is 1. The van der Waals surface area contributed by atoms with E-state index >= 15 is 0 Å². The zero-order valence-corrected chi connectivity index (χ0v) is 18.0. The van der Waals surface area contributed by atoms with Crippen LogP contribution < -0.4 is 14.8 Å². The molecule has 3 aromatic rings. The average molecular weight is 428 g/mol. The van der Waals surface area contributed by atoms with Gasteiger partial charge in [0.25, 0.3) is 5.91 Å². The summed E-state index contributed by atoms with van der Waals surface area (Å²) in [7, 11) is 0. The lowest BCUT2D eigenvalue weighted by atomic mass is 9.93. The molecule has 0 bridgehead atoms. The summed E-state index contributed by atoms with van der Waals surface area (Å²) >= 11 is 2.83. The number of thiazole rings is 1. The summed E-state index contributed by atoms with van der Waals surface area (Å²) in [5.74, 6) is 1.21. The van der Waals surface area contributed by atoms with Crippen molar-refractivity contribution in [3.05, 3.63) is 53.2 Å². The van der Waals surface area contributed by atoms with Gasteiger partial charge in [-0.3, -0.25) is 10.1 Å². The summed E-state index contributed by atoms with van der Waals surface area (Å²) in [5.41, 5.74) is 1.39. The highest BCUT2D eigenvalue weighted by Crippen LogP contribution is 2.37. The Balaban J connectivity index is 1.53. The fourth-order valence-corrected chi connectivity index (χ4v) is 4.53. The van der Waals surface area contributed by atoms with Crippen molar-refractivity contribution in [2.24, 2.45) is 0 Å². The standard InChI is InChI=1S/C21H21N3O3S2/c1-21(2,3)17-12-28-20(23-17)24-18(25)14-5-4-8-22-19(14)29-13-6-7-15-16(11-13)27-10-9-26-15/h4-8,11-12H,9-10H2,1-3H3,(H,23,24,25). The number of rotatable bonds is 4. The molecule has 1 N–H and O–H groups in total. The summed E-state index contributed by atoms with van der Waals surface area (Å²) in [6.07, 6.45) is 1.68. The third kappa shape index (κ3) is 4.54. The van der Waals surface area contributed by atoms with Crippen molar-refractivity contribution < 1.29 is 14.3 Å². The van der Waals surface area contributed by atoms with Crippen molar-refractivity contribution in [3.8, 4) is 11.5 Å². The van der Waals surface area contributed by atoms with Gasteiger partial charge in [-0.05, 0) is 30.3 Å². The molecule has 8 heteroatoms. The fourth-order valence-electron chi connectivity index (χ4n) is 2.68. The van der Waals surface area contributed by atoms with E-state index in [-0.39, 0.29) is 11.3 Å². The minimum Gasteiger partial charge on any atom is -0.486 e. The van der Waals surface area contributed by atoms with Crippen molar-refractivity contribution in [2.75, 3.05) is 18.5 Å². The number of nitrogens with zero attached hydrogens (tertiary/aromatic N) is 2. The van der Waals surface area contributed by atoms with Gasteiger partial charge < -0.3 is 9.47 Å². The van der Waals surface area contributed by atoms with Crippen LogP contribution in [0.4, 0.5) is 5.13 Å². The fraction of sp³-hybridized carbons (Fsp3) is 0.286. The molecule has 0 atom stereocenters. The lowest BCUT2D eigenvalue weighted by Crippen LogP contribution is -2.15. The lowest BCUT2D eigenvalue weighted by Gasteiger charge is -2.18. The first kappa shape index (κ1) is 19.7. The van der Waals surface area contributed by atoms with E-state index in [0.717, 1.165) is 16.3 Å². The first-order chi connectivity index (χ1) is 13.9. The third-order valence-electron chi connectivity index (χ3n) is 4.24. The topological polar surface area (TPSA) is 73.3 Å².